The summed E-state index contributed by atoms with van der Waals surface area (Å²) < 4.78 is 27.9. The Morgan fingerprint density at radius 1 is 0.957 bits per heavy atom. The molecule has 2 aromatic carbocycles. The van der Waals surface area contributed by atoms with Crippen LogP contribution in [0.5, 0.6) is 0 Å². The van der Waals surface area contributed by atoms with E-state index in [-0.39, 0.29) is 6.04 Å². The molecule has 0 heterocycles. The Morgan fingerprint density at radius 3 is 2.09 bits per heavy atom. The molecule has 0 unspecified atom stereocenters. The first kappa shape index (κ1) is 18.0. The second-order valence-corrected chi connectivity index (χ2v) is 8.41. The highest BCUT2D eigenvalue weighted by Gasteiger charge is 2.19. The summed E-state index contributed by atoms with van der Waals surface area (Å²) >= 11 is 1.59. The Hall–Kier alpha value is -1.30. The van der Waals surface area contributed by atoms with Crippen molar-refractivity contribution in [3.05, 3.63) is 58.7 Å². The van der Waals surface area contributed by atoms with Gasteiger partial charge in [-0.2, -0.15) is 0 Å². The molecule has 0 aliphatic heterocycles. The topological polar surface area (TPSA) is 46.2 Å². The van der Waals surface area contributed by atoms with E-state index in [0.29, 0.717) is 4.90 Å². The van der Waals surface area contributed by atoms with Crippen LogP contribution in [0.1, 0.15) is 35.2 Å². The number of sulfonamides is 1. The van der Waals surface area contributed by atoms with E-state index in [2.05, 4.69) is 23.8 Å². The Labute approximate surface area is 143 Å². The van der Waals surface area contributed by atoms with Crippen LogP contribution in [0.3, 0.4) is 0 Å². The Balaban J connectivity index is 2.27. The summed E-state index contributed by atoms with van der Waals surface area (Å²) in [6.45, 7) is 8.00. The maximum atomic E-state index is 12.6. The van der Waals surface area contributed by atoms with Crippen molar-refractivity contribution in [2.45, 2.75) is 43.5 Å². The molecule has 0 fully saturated rings. The molecule has 0 bridgehead atoms. The van der Waals surface area contributed by atoms with Gasteiger partial charge in [0.1, 0.15) is 0 Å². The van der Waals surface area contributed by atoms with E-state index in [0.717, 1.165) is 16.0 Å². The van der Waals surface area contributed by atoms with E-state index < -0.39 is 10.0 Å². The second-order valence-electron chi connectivity index (χ2n) is 5.81. The van der Waals surface area contributed by atoms with Crippen molar-refractivity contribution in [3.63, 3.8) is 0 Å². The number of thioether (sulfide) groups is 1. The highest BCUT2D eigenvalue weighted by Crippen LogP contribution is 2.24. The van der Waals surface area contributed by atoms with Gasteiger partial charge in [-0.05, 0) is 80.5 Å². The van der Waals surface area contributed by atoms with Crippen molar-refractivity contribution in [2.24, 2.45) is 0 Å². The average molecular weight is 350 g/mol. The number of nitrogens with one attached hydrogen (secondary N) is 1. The third kappa shape index (κ3) is 4.16. The van der Waals surface area contributed by atoms with E-state index in [4.69, 9.17) is 0 Å². The molecule has 2 rings (SSSR count). The van der Waals surface area contributed by atoms with Crippen molar-refractivity contribution >= 4 is 21.8 Å². The molecule has 124 valence electrons. The standard InChI is InChI=1S/C18H23NO2S2/c1-12-10-14(3)18(11-13(12)2)15(4)19-23(20,21)17-8-6-16(22-5)7-9-17/h6-11,15,19H,1-5H3/t15-/m0/s1. The normalized spacial score (nSPS) is 13.1. The van der Waals surface area contributed by atoms with E-state index >= 15 is 0 Å². The maximum absolute atomic E-state index is 12.6. The molecule has 2 aromatic rings. The number of benzene rings is 2. The molecule has 1 N–H and O–H groups in total. The zero-order valence-electron chi connectivity index (χ0n) is 14.2. The maximum Gasteiger partial charge on any atom is 0.241 e. The van der Waals surface area contributed by atoms with Crippen molar-refractivity contribution in [1.29, 1.82) is 0 Å². The minimum absolute atomic E-state index is 0.278. The van der Waals surface area contributed by atoms with Gasteiger partial charge in [-0.25, -0.2) is 13.1 Å². The zero-order valence-corrected chi connectivity index (χ0v) is 15.8. The molecule has 0 spiro atoms. The first-order valence-electron chi connectivity index (χ1n) is 7.48. The van der Waals surface area contributed by atoms with Crippen LogP contribution in [-0.2, 0) is 10.0 Å². The quantitative estimate of drug-likeness (QED) is 0.815. The third-order valence-corrected chi connectivity index (χ3v) is 6.35. The van der Waals surface area contributed by atoms with Gasteiger partial charge in [0.05, 0.1) is 4.90 Å². The zero-order chi connectivity index (χ0) is 17.2. The SMILES string of the molecule is CSc1ccc(S(=O)(=O)N[C@@H](C)c2cc(C)c(C)cc2C)cc1. The van der Waals surface area contributed by atoms with Crippen LogP contribution in [0.4, 0.5) is 0 Å². The molecule has 1 atom stereocenters. The van der Waals surface area contributed by atoms with Crippen molar-refractivity contribution in [3.8, 4) is 0 Å². The van der Waals surface area contributed by atoms with E-state index in [1.54, 1.807) is 23.9 Å². The minimum atomic E-state index is -3.53. The summed E-state index contributed by atoms with van der Waals surface area (Å²) in [6, 6.07) is 10.8. The van der Waals surface area contributed by atoms with E-state index in [1.807, 2.05) is 39.2 Å². The summed E-state index contributed by atoms with van der Waals surface area (Å²) in [5, 5.41) is 0. The molecule has 0 amide bonds. The highest BCUT2D eigenvalue weighted by molar-refractivity contribution is 7.98. The monoisotopic (exact) mass is 349 g/mol. The predicted octanol–water partition coefficient (Wildman–Crippen LogP) is 4.37. The van der Waals surface area contributed by atoms with Gasteiger partial charge in [0.15, 0.2) is 0 Å². The lowest BCUT2D eigenvalue weighted by Gasteiger charge is -2.18. The first-order chi connectivity index (χ1) is 10.7. The molecule has 0 aliphatic carbocycles. The molecule has 0 aliphatic rings. The van der Waals surface area contributed by atoms with Crippen LogP contribution in [0, 0.1) is 20.8 Å². The van der Waals surface area contributed by atoms with Crippen LogP contribution in [0.15, 0.2) is 46.2 Å². The largest absolute Gasteiger partial charge is 0.241 e. The van der Waals surface area contributed by atoms with Gasteiger partial charge in [0, 0.05) is 10.9 Å². The smallest absolute Gasteiger partial charge is 0.207 e. The summed E-state index contributed by atoms with van der Waals surface area (Å²) in [6.07, 6.45) is 1.96. The minimum Gasteiger partial charge on any atom is -0.207 e. The predicted molar refractivity (Wildman–Crippen MR) is 97.6 cm³/mol. The second kappa shape index (κ2) is 7.07. The highest BCUT2D eigenvalue weighted by atomic mass is 32.2. The van der Waals surface area contributed by atoms with Gasteiger partial charge in [0.2, 0.25) is 10.0 Å². The molecule has 5 heteroatoms. The van der Waals surface area contributed by atoms with Crippen LogP contribution in [0.25, 0.3) is 0 Å². The Bertz CT molecular complexity index is 797. The van der Waals surface area contributed by atoms with Gasteiger partial charge < -0.3 is 0 Å². The lowest BCUT2D eigenvalue weighted by molar-refractivity contribution is 0.566. The summed E-state index contributed by atoms with van der Waals surface area (Å²) in [5.41, 5.74) is 4.49. The van der Waals surface area contributed by atoms with E-state index in [1.165, 1.54) is 11.1 Å². The van der Waals surface area contributed by atoms with Gasteiger partial charge in [-0.3, -0.25) is 0 Å². The molecular weight excluding hydrogens is 326 g/mol. The summed E-state index contributed by atoms with van der Waals surface area (Å²) in [7, 11) is -3.53. The van der Waals surface area contributed by atoms with Gasteiger partial charge in [-0.1, -0.05) is 12.1 Å². The van der Waals surface area contributed by atoms with Crippen molar-refractivity contribution < 1.29 is 8.42 Å². The van der Waals surface area contributed by atoms with Gasteiger partial charge in [-0.15, -0.1) is 11.8 Å². The fourth-order valence-electron chi connectivity index (χ4n) is 2.57. The molecule has 23 heavy (non-hydrogen) atoms. The molecule has 3 nitrogen and oxygen atoms in total. The lowest BCUT2D eigenvalue weighted by atomic mass is 9.97. The molecular formula is C18H23NO2S2. The molecule has 0 aromatic heterocycles. The molecule has 0 saturated heterocycles. The fourth-order valence-corrected chi connectivity index (χ4v) is 4.20. The van der Waals surface area contributed by atoms with Crippen LogP contribution >= 0.6 is 11.8 Å². The average Bonchev–Trinajstić information content (AvgIpc) is 2.50. The van der Waals surface area contributed by atoms with Crippen LogP contribution in [-0.4, -0.2) is 14.7 Å². The summed E-state index contributed by atoms with van der Waals surface area (Å²) in [5.74, 6) is 0. The number of rotatable bonds is 5. The third-order valence-electron chi connectivity index (χ3n) is 4.05. The van der Waals surface area contributed by atoms with Crippen molar-refractivity contribution in [2.75, 3.05) is 6.26 Å². The van der Waals surface area contributed by atoms with Crippen molar-refractivity contribution in [1.82, 2.24) is 4.72 Å². The first-order valence-corrected chi connectivity index (χ1v) is 10.2. The Kier molecular flexibility index (Phi) is 5.55. The molecule has 0 radical (unpaired) electrons. The fraction of sp³-hybridized carbons (Fsp3) is 0.333. The van der Waals surface area contributed by atoms with E-state index in [9.17, 15) is 8.42 Å². The summed E-state index contributed by atoms with van der Waals surface area (Å²) in [4.78, 5) is 1.34. The number of hydrogen-bond donors (Lipinski definition) is 1. The number of aryl methyl sites for hydroxylation is 3. The van der Waals surface area contributed by atoms with Gasteiger partial charge >= 0.3 is 0 Å². The molecule has 0 saturated carbocycles. The van der Waals surface area contributed by atoms with Crippen LogP contribution in [0.2, 0.25) is 0 Å². The van der Waals surface area contributed by atoms with Gasteiger partial charge in [0.25, 0.3) is 0 Å². The number of hydrogen-bond acceptors (Lipinski definition) is 3. The lowest BCUT2D eigenvalue weighted by Crippen LogP contribution is -2.27. The Morgan fingerprint density at radius 2 is 1.52 bits per heavy atom. The van der Waals surface area contributed by atoms with Crippen LogP contribution < -0.4 is 4.72 Å².